The number of urea groups is 1. The molecule has 164 valence electrons. The lowest BCUT2D eigenvalue weighted by Crippen LogP contribution is -2.54. The second kappa shape index (κ2) is 8.60. The first-order chi connectivity index (χ1) is 15.3. The molecule has 0 aromatic heterocycles. The summed E-state index contributed by atoms with van der Waals surface area (Å²) in [6, 6.07) is 10.1. The summed E-state index contributed by atoms with van der Waals surface area (Å²) >= 11 is 0. The van der Waals surface area contributed by atoms with Gasteiger partial charge in [-0.15, -0.1) is 0 Å². The second-order valence-electron chi connectivity index (χ2n) is 7.39. The number of benzene rings is 2. The van der Waals surface area contributed by atoms with Gasteiger partial charge in [0.2, 0.25) is 0 Å². The molecule has 10 nitrogen and oxygen atoms in total. The van der Waals surface area contributed by atoms with Crippen LogP contribution in [0.5, 0.6) is 0 Å². The number of hydrogen-bond donors (Lipinski definition) is 1. The maximum Gasteiger partial charge on any atom is 0.335 e. The summed E-state index contributed by atoms with van der Waals surface area (Å²) in [5, 5.41) is 13.5. The number of aryl methyl sites for hydroxylation is 1. The number of nitro groups is 1. The highest BCUT2D eigenvalue weighted by molar-refractivity contribution is 6.39. The van der Waals surface area contributed by atoms with Gasteiger partial charge in [0, 0.05) is 36.5 Å². The Bertz CT molecular complexity index is 1140. The maximum atomic E-state index is 13.2. The fourth-order valence-electron chi connectivity index (χ4n) is 3.60. The van der Waals surface area contributed by atoms with Crippen LogP contribution in [0, 0.1) is 17.0 Å². The molecule has 32 heavy (non-hydrogen) atoms. The zero-order valence-electron chi connectivity index (χ0n) is 17.2. The van der Waals surface area contributed by atoms with Crippen LogP contribution in [0.15, 0.2) is 48.0 Å². The smallest absolute Gasteiger partial charge is 0.335 e. The Labute approximate surface area is 183 Å². The molecule has 2 heterocycles. The van der Waals surface area contributed by atoms with Crippen molar-refractivity contribution in [1.29, 1.82) is 0 Å². The van der Waals surface area contributed by atoms with Crippen LogP contribution in [0.2, 0.25) is 0 Å². The minimum absolute atomic E-state index is 0.177. The number of non-ortho nitro benzene ring substituents is 1. The first-order valence-corrected chi connectivity index (χ1v) is 9.94. The molecule has 1 N–H and O–H groups in total. The van der Waals surface area contributed by atoms with Crippen LogP contribution in [0.4, 0.5) is 21.9 Å². The summed E-state index contributed by atoms with van der Waals surface area (Å²) in [5.74, 6) is -1.66. The summed E-state index contributed by atoms with van der Waals surface area (Å²) in [7, 11) is 0. The van der Waals surface area contributed by atoms with E-state index in [1.807, 2.05) is 11.8 Å². The van der Waals surface area contributed by atoms with Crippen molar-refractivity contribution in [3.63, 3.8) is 0 Å². The van der Waals surface area contributed by atoms with Crippen molar-refractivity contribution in [2.75, 3.05) is 36.1 Å². The molecule has 0 aliphatic carbocycles. The van der Waals surface area contributed by atoms with Gasteiger partial charge in [0.1, 0.15) is 5.57 Å². The number of barbiturate groups is 1. The normalized spacial score (nSPS) is 18.2. The van der Waals surface area contributed by atoms with Crippen LogP contribution >= 0.6 is 0 Å². The molecule has 10 heteroatoms. The summed E-state index contributed by atoms with van der Waals surface area (Å²) in [4.78, 5) is 51.7. The average molecular weight is 436 g/mol. The molecule has 2 aromatic carbocycles. The zero-order chi connectivity index (χ0) is 22.8. The fraction of sp³-hybridized carbons (Fsp3) is 0.227. The van der Waals surface area contributed by atoms with E-state index < -0.39 is 22.8 Å². The quantitative estimate of drug-likeness (QED) is 0.338. The highest BCUT2D eigenvalue weighted by Crippen LogP contribution is 2.30. The first-order valence-electron chi connectivity index (χ1n) is 9.94. The molecular weight excluding hydrogens is 416 g/mol. The lowest BCUT2D eigenvalue weighted by Gasteiger charge is -2.30. The van der Waals surface area contributed by atoms with Crippen molar-refractivity contribution in [2.45, 2.75) is 6.92 Å². The summed E-state index contributed by atoms with van der Waals surface area (Å²) in [5.41, 5.74) is 1.74. The lowest BCUT2D eigenvalue weighted by molar-refractivity contribution is -0.384. The predicted molar refractivity (Wildman–Crippen MR) is 116 cm³/mol. The van der Waals surface area contributed by atoms with E-state index in [2.05, 4.69) is 5.32 Å². The molecule has 0 saturated carbocycles. The topological polar surface area (TPSA) is 122 Å². The highest BCUT2D eigenvalue weighted by atomic mass is 16.6. The van der Waals surface area contributed by atoms with E-state index in [0.29, 0.717) is 43.2 Å². The van der Waals surface area contributed by atoms with Gasteiger partial charge in [-0.25, -0.2) is 9.69 Å². The Kier molecular flexibility index (Phi) is 5.69. The summed E-state index contributed by atoms with van der Waals surface area (Å²) < 4.78 is 5.36. The second-order valence-corrected chi connectivity index (χ2v) is 7.39. The van der Waals surface area contributed by atoms with Gasteiger partial charge < -0.3 is 9.64 Å². The largest absolute Gasteiger partial charge is 0.378 e. The molecule has 0 radical (unpaired) electrons. The van der Waals surface area contributed by atoms with Gasteiger partial charge in [-0.3, -0.25) is 25.0 Å². The number of morpholine rings is 1. The number of carbonyl (C=O) groups excluding carboxylic acids is 3. The number of ether oxygens (including phenoxy) is 1. The molecule has 2 saturated heterocycles. The van der Waals surface area contributed by atoms with E-state index in [9.17, 15) is 24.5 Å². The van der Waals surface area contributed by atoms with E-state index in [1.165, 1.54) is 18.2 Å². The molecule has 0 bridgehead atoms. The molecule has 4 rings (SSSR count). The summed E-state index contributed by atoms with van der Waals surface area (Å²) in [6.45, 7) is 3.96. The molecule has 2 fully saturated rings. The SMILES string of the molecule is Cc1ccc(N2C(=O)NC(=O)/C(=C/c3cc([N+](=O)[O-])ccc3N3CCOCC3)C2=O)cc1. The van der Waals surface area contributed by atoms with Crippen LogP contribution in [-0.2, 0) is 14.3 Å². The van der Waals surface area contributed by atoms with Crippen LogP contribution in [0.25, 0.3) is 6.08 Å². The molecule has 0 atom stereocenters. The van der Waals surface area contributed by atoms with Crippen molar-refractivity contribution < 1.29 is 24.0 Å². The van der Waals surface area contributed by atoms with Crippen molar-refractivity contribution in [2.24, 2.45) is 0 Å². The van der Waals surface area contributed by atoms with Crippen molar-refractivity contribution in [3.8, 4) is 0 Å². The van der Waals surface area contributed by atoms with E-state index >= 15 is 0 Å². The Morgan fingerprint density at radius 1 is 1.06 bits per heavy atom. The van der Waals surface area contributed by atoms with Crippen molar-refractivity contribution in [3.05, 3.63) is 69.3 Å². The van der Waals surface area contributed by atoms with Crippen molar-refractivity contribution in [1.82, 2.24) is 5.32 Å². The van der Waals surface area contributed by atoms with E-state index in [4.69, 9.17) is 4.74 Å². The maximum absolute atomic E-state index is 13.2. The van der Waals surface area contributed by atoms with Crippen LogP contribution in [0.1, 0.15) is 11.1 Å². The third kappa shape index (κ3) is 4.08. The molecule has 2 aliphatic heterocycles. The van der Waals surface area contributed by atoms with Crippen LogP contribution < -0.4 is 15.1 Å². The minimum Gasteiger partial charge on any atom is -0.378 e. The fourth-order valence-corrected chi connectivity index (χ4v) is 3.60. The molecule has 2 aliphatic rings. The number of rotatable bonds is 4. The third-order valence-corrected chi connectivity index (χ3v) is 5.27. The Morgan fingerprint density at radius 2 is 1.75 bits per heavy atom. The molecule has 2 aromatic rings. The van der Waals surface area contributed by atoms with Gasteiger partial charge in [0.15, 0.2) is 0 Å². The number of nitro benzene ring substituents is 1. The zero-order valence-corrected chi connectivity index (χ0v) is 17.2. The average Bonchev–Trinajstić information content (AvgIpc) is 2.78. The predicted octanol–water partition coefficient (Wildman–Crippen LogP) is 2.41. The number of nitrogens with one attached hydrogen (secondary N) is 1. The number of nitrogens with zero attached hydrogens (tertiary/aromatic N) is 3. The Hall–Kier alpha value is -4.05. The Balaban J connectivity index is 1.78. The molecule has 4 amide bonds. The standard InChI is InChI=1S/C22H20N4O6/c1-14-2-4-16(5-3-14)25-21(28)18(20(27)23-22(25)29)13-15-12-17(26(30)31)6-7-19(15)24-8-10-32-11-9-24/h2-7,12-13H,8-11H2,1H3,(H,23,27,29)/b18-13-. The molecule has 0 spiro atoms. The van der Waals surface area contributed by atoms with Gasteiger partial charge in [0.25, 0.3) is 17.5 Å². The number of anilines is 2. The highest BCUT2D eigenvalue weighted by Gasteiger charge is 2.37. The van der Waals surface area contributed by atoms with E-state index in [-0.39, 0.29) is 11.3 Å². The van der Waals surface area contributed by atoms with Gasteiger partial charge in [-0.2, -0.15) is 0 Å². The van der Waals surface area contributed by atoms with Crippen LogP contribution in [0.3, 0.4) is 0 Å². The van der Waals surface area contributed by atoms with Gasteiger partial charge in [-0.05, 0) is 31.2 Å². The summed E-state index contributed by atoms with van der Waals surface area (Å²) in [6.07, 6.45) is 1.29. The first kappa shape index (κ1) is 21.2. The number of hydrogen-bond acceptors (Lipinski definition) is 7. The van der Waals surface area contributed by atoms with E-state index in [1.54, 1.807) is 30.3 Å². The van der Waals surface area contributed by atoms with Gasteiger partial charge in [-0.1, -0.05) is 17.7 Å². The van der Waals surface area contributed by atoms with Gasteiger partial charge in [0.05, 0.1) is 23.8 Å². The third-order valence-electron chi connectivity index (χ3n) is 5.27. The van der Waals surface area contributed by atoms with Crippen molar-refractivity contribution >= 4 is 41.0 Å². The van der Waals surface area contributed by atoms with Gasteiger partial charge >= 0.3 is 6.03 Å². The number of carbonyl (C=O) groups is 3. The lowest BCUT2D eigenvalue weighted by atomic mass is 10.0. The van der Waals surface area contributed by atoms with Crippen LogP contribution in [-0.4, -0.2) is 49.1 Å². The Morgan fingerprint density at radius 3 is 2.41 bits per heavy atom. The minimum atomic E-state index is -0.859. The number of imide groups is 2. The monoisotopic (exact) mass is 436 g/mol. The number of amides is 4. The molecular formula is C22H20N4O6. The van der Waals surface area contributed by atoms with E-state index in [0.717, 1.165) is 10.5 Å². The molecule has 0 unspecified atom stereocenters.